The molecule has 2 amide bonds. The Bertz CT molecular complexity index is 1010. The van der Waals surface area contributed by atoms with Gasteiger partial charge in [0.05, 0.1) is 11.3 Å². The minimum atomic E-state index is -0.741. The molecule has 0 bridgehead atoms. The number of hydrogen-bond donors (Lipinski definition) is 2. The van der Waals surface area contributed by atoms with E-state index in [-0.39, 0.29) is 17.8 Å². The van der Waals surface area contributed by atoms with Gasteiger partial charge in [-0.15, -0.1) is 5.10 Å². The van der Waals surface area contributed by atoms with Crippen LogP contribution in [-0.4, -0.2) is 44.6 Å². The number of anilines is 2. The largest absolute Gasteiger partial charge is 0.452 e. The number of hydrogen-bond acceptors (Lipinski definition) is 7. The van der Waals surface area contributed by atoms with Crippen LogP contribution in [0.15, 0.2) is 59.3 Å². The average molecular weight is 459 g/mol. The van der Waals surface area contributed by atoms with Gasteiger partial charge in [0, 0.05) is 10.2 Å². The highest BCUT2D eigenvalue weighted by Gasteiger charge is 2.16. The van der Waals surface area contributed by atoms with E-state index in [2.05, 4.69) is 42.1 Å². The van der Waals surface area contributed by atoms with Crippen molar-refractivity contribution in [2.45, 2.75) is 6.54 Å². The van der Waals surface area contributed by atoms with Gasteiger partial charge < -0.3 is 15.4 Å². The molecule has 3 aromatic rings. The standard InChI is InChI=1S/C18H15BrN6O4/c19-12-5-7-13(8-6-12)21-17(27)10-29-18(28)14-3-1-2-4-15(14)22-16(26)9-25-11-20-23-24-25/h1-8,11H,9-10H2,(H,21,27)(H,22,26). The number of rotatable bonds is 7. The average Bonchev–Trinajstić information content (AvgIpc) is 3.21. The fraction of sp³-hybridized carbons (Fsp3) is 0.111. The number of halogens is 1. The van der Waals surface area contributed by atoms with E-state index in [0.29, 0.717) is 5.69 Å². The normalized spacial score (nSPS) is 10.2. The molecule has 29 heavy (non-hydrogen) atoms. The third-order valence-corrected chi connectivity index (χ3v) is 4.11. The molecule has 0 fully saturated rings. The van der Waals surface area contributed by atoms with Crippen LogP contribution in [-0.2, 0) is 20.9 Å². The Kier molecular flexibility index (Phi) is 6.63. The molecule has 0 aliphatic rings. The number of carbonyl (C=O) groups is 3. The maximum atomic E-state index is 12.4. The van der Waals surface area contributed by atoms with Gasteiger partial charge in [0.25, 0.3) is 5.91 Å². The Labute approximate surface area is 173 Å². The summed E-state index contributed by atoms with van der Waals surface area (Å²) in [4.78, 5) is 36.5. The molecule has 0 saturated carbocycles. The highest BCUT2D eigenvalue weighted by atomic mass is 79.9. The van der Waals surface area contributed by atoms with E-state index >= 15 is 0 Å². The van der Waals surface area contributed by atoms with Crippen LogP contribution in [0, 0.1) is 0 Å². The van der Waals surface area contributed by atoms with Gasteiger partial charge in [0.2, 0.25) is 5.91 Å². The summed E-state index contributed by atoms with van der Waals surface area (Å²) in [5.41, 5.74) is 0.947. The topological polar surface area (TPSA) is 128 Å². The molecule has 1 heterocycles. The van der Waals surface area contributed by atoms with Crippen molar-refractivity contribution >= 4 is 45.1 Å². The number of amides is 2. The minimum Gasteiger partial charge on any atom is -0.452 e. The van der Waals surface area contributed by atoms with Gasteiger partial charge in [-0.3, -0.25) is 9.59 Å². The number of benzene rings is 2. The summed E-state index contributed by atoms with van der Waals surface area (Å²) in [6.45, 7) is -0.590. The van der Waals surface area contributed by atoms with Crippen molar-refractivity contribution in [2.24, 2.45) is 0 Å². The first-order valence-corrected chi connectivity index (χ1v) is 9.13. The van der Waals surface area contributed by atoms with Gasteiger partial charge in [0.1, 0.15) is 12.9 Å². The Hall–Kier alpha value is -3.60. The SMILES string of the molecule is O=C(COC(=O)c1ccccc1NC(=O)Cn1cnnn1)Nc1ccc(Br)cc1. The van der Waals surface area contributed by atoms with Gasteiger partial charge in [-0.05, 0) is 46.8 Å². The smallest absolute Gasteiger partial charge is 0.340 e. The molecule has 10 nitrogen and oxygen atoms in total. The van der Waals surface area contributed by atoms with Crippen LogP contribution < -0.4 is 10.6 Å². The molecule has 2 N–H and O–H groups in total. The second kappa shape index (κ2) is 9.55. The zero-order chi connectivity index (χ0) is 20.6. The Morgan fingerprint density at radius 1 is 1.00 bits per heavy atom. The summed E-state index contributed by atoms with van der Waals surface area (Å²) in [5, 5.41) is 15.7. The second-order valence-corrected chi connectivity index (χ2v) is 6.65. The molecule has 0 aliphatic carbocycles. The number of ether oxygens (including phenoxy) is 1. The fourth-order valence-corrected chi connectivity index (χ4v) is 2.56. The van der Waals surface area contributed by atoms with Gasteiger partial charge in [-0.1, -0.05) is 28.1 Å². The molecule has 1 aromatic heterocycles. The van der Waals surface area contributed by atoms with Crippen LogP contribution in [0.3, 0.4) is 0 Å². The number of nitrogens with one attached hydrogen (secondary N) is 2. The second-order valence-electron chi connectivity index (χ2n) is 5.73. The van der Waals surface area contributed by atoms with Crippen LogP contribution in [0.5, 0.6) is 0 Å². The Morgan fingerprint density at radius 2 is 1.76 bits per heavy atom. The first-order chi connectivity index (χ1) is 14.0. The van der Waals surface area contributed by atoms with Gasteiger partial charge >= 0.3 is 5.97 Å². The lowest BCUT2D eigenvalue weighted by molar-refractivity contribution is -0.119. The molecule has 0 spiro atoms. The van der Waals surface area contributed by atoms with E-state index in [1.165, 1.54) is 17.1 Å². The monoisotopic (exact) mass is 458 g/mol. The van der Waals surface area contributed by atoms with E-state index in [4.69, 9.17) is 4.74 Å². The van der Waals surface area contributed by atoms with E-state index in [0.717, 1.165) is 4.47 Å². The molecular weight excluding hydrogens is 444 g/mol. The van der Waals surface area contributed by atoms with Crippen molar-refractivity contribution in [1.82, 2.24) is 20.2 Å². The third-order valence-electron chi connectivity index (χ3n) is 3.58. The number of nitrogens with zero attached hydrogens (tertiary/aromatic N) is 4. The van der Waals surface area contributed by atoms with E-state index in [9.17, 15) is 14.4 Å². The van der Waals surface area contributed by atoms with Crippen molar-refractivity contribution in [3.8, 4) is 0 Å². The maximum absolute atomic E-state index is 12.4. The summed E-state index contributed by atoms with van der Waals surface area (Å²) in [6.07, 6.45) is 1.30. The van der Waals surface area contributed by atoms with Crippen molar-refractivity contribution in [3.05, 3.63) is 64.9 Å². The number of aromatic nitrogens is 4. The van der Waals surface area contributed by atoms with Crippen LogP contribution in [0.2, 0.25) is 0 Å². The lowest BCUT2D eigenvalue weighted by Crippen LogP contribution is -2.23. The summed E-state index contributed by atoms with van der Waals surface area (Å²) in [5.74, 6) is -1.65. The molecule has 0 unspecified atom stereocenters. The predicted octanol–water partition coefficient (Wildman–Crippen LogP) is 1.87. The Balaban J connectivity index is 1.57. The molecule has 3 rings (SSSR count). The number of carbonyl (C=O) groups excluding carboxylic acids is 3. The van der Waals surface area contributed by atoms with Crippen molar-refractivity contribution < 1.29 is 19.1 Å². The van der Waals surface area contributed by atoms with Crippen LogP contribution >= 0.6 is 15.9 Å². The van der Waals surface area contributed by atoms with Crippen molar-refractivity contribution in [3.63, 3.8) is 0 Å². The summed E-state index contributed by atoms with van der Waals surface area (Å²) in [7, 11) is 0. The lowest BCUT2D eigenvalue weighted by atomic mass is 10.2. The zero-order valence-corrected chi connectivity index (χ0v) is 16.5. The summed E-state index contributed by atoms with van der Waals surface area (Å²) in [6, 6.07) is 13.3. The zero-order valence-electron chi connectivity index (χ0n) is 14.9. The number of esters is 1. The lowest BCUT2D eigenvalue weighted by Gasteiger charge is -2.11. The molecule has 0 atom stereocenters. The van der Waals surface area contributed by atoms with E-state index in [1.807, 2.05) is 0 Å². The van der Waals surface area contributed by atoms with E-state index in [1.54, 1.807) is 42.5 Å². The van der Waals surface area contributed by atoms with Crippen molar-refractivity contribution in [2.75, 3.05) is 17.2 Å². The maximum Gasteiger partial charge on any atom is 0.340 e. The highest BCUT2D eigenvalue weighted by molar-refractivity contribution is 9.10. The molecule has 0 radical (unpaired) electrons. The quantitative estimate of drug-likeness (QED) is 0.517. The minimum absolute atomic E-state index is 0.119. The first kappa shape index (κ1) is 20.1. The first-order valence-electron chi connectivity index (χ1n) is 8.33. The van der Waals surface area contributed by atoms with Crippen LogP contribution in [0.1, 0.15) is 10.4 Å². The number of para-hydroxylation sites is 1. The molecule has 0 aliphatic heterocycles. The highest BCUT2D eigenvalue weighted by Crippen LogP contribution is 2.17. The van der Waals surface area contributed by atoms with Crippen LogP contribution in [0.25, 0.3) is 0 Å². The molecular formula is C18H15BrN6O4. The molecule has 0 saturated heterocycles. The van der Waals surface area contributed by atoms with E-state index < -0.39 is 24.4 Å². The van der Waals surface area contributed by atoms with Gasteiger partial charge in [-0.25, -0.2) is 9.48 Å². The summed E-state index contributed by atoms with van der Waals surface area (Å²) >= 11 is 3.30. The fourth-order valence-electron chi connectivity index (χ4n) is 2.30. The third kappa shape index (κ3) is 5.94. The number of tetrazole rings is 1. The van der Waals surface area contributed by atoms with Crippen molar-refractivity contribution in [1.29, 1.82) is 0 Å². The molecule has 11 heteroatoms. The van der Waals surface area contributed by atoms with Crippen LogP contribution in [0.4, 0.5) is 11.4 Å². The Morgan fingerprint density at radius 3 is 2.48 bits per heavy atom. The van der Waals surface area contributed by atoms with Gasteiger partial charge in [0.15, 0.2) is 6.61 Å². The molecule has 2 aromatic carbocycles. The summed E-state index contributed by atoms with van der Waals surface area (Å²) < 4.78 is 7.18. The predicted molar refractivity (Wildman–Crippen MR) is 106 cm³/mol. The molecule has 148 valence electrons. The van der Waals surface area contributed by atoms with Gasteiger partial charge in [-0.2, -0.15) is 0 Å².